The summed E-state index contributed by atoms with van der Waals surface area (Å²) in [5.41, 5.74) is 4.51. The molecule has 1 aromatic carbocycles. The fraction of sp³-hybridized carbons (Fsp3) is 0.333. The zero-order valence-electron chi connectivity index (χ0n) is 24.2. The lowest BCUT2D eigenvalue weighted by molar-refractivity contribution is -0.188. The lowest BCUT2D eigenvalue weighted by Crippen LogP contribution is -2.24. The van der Waals surface area contributed by atoms with E-state index in [2.05, 4.69) is 37.3 Å². The summed E-state index contributed by atoms with van der Waals surface area (Å²) in [4.78, 5) is 13.1. The van der Waals surface area contributed by atoms with E-state index in [1.165, 1.54) is 0 Å². The molecule has 2 atom stereocenters. The molecule has 5 aromatic rings. The third kappa shape index (κ3) is 7.84. The number of benzene rings is 1. The van der Waals surface area contributed by atoms with Crippen LogP contribution in [-0.2, 0) is 29.1 Å². The van der Waals surface area contributed by atoms with E-state index in [4.69, 9.17) is 14.0 Å². The Labute approximate surface area is 251 Å². The van der Waals surface area contributed by atoms with Crippen molar-refractivity contribution in [1.82, 2.24) is 34.6 Å². The molecule has 6 rings (SSSR count). The van der Waals surface area contributed by atoms with Gasteiger partial charge < -0.3 is 28.4 Å². The average molecular weight is 578 g/mol. The van der Waals surface area contributed by atoms with Crippen molar-refractivity contribution in [1.29, 1.82) is 0 Å². The lowest BCUT2D eigenvalue weighted by atomic mass is 10.1. The summed E-state index contributed by atoms with van der Waals surface area (Å²) in [6.45, 7) is 5.72. The second kappa shape index (κ2) is 14.1. The van der Waals surface area contributed by atoms with Crippen LogP contribution in [0.25, 0.3) is 11.3 Å². The van der Waals surface area contributed by atoms with Crippen molar-refractivity contribution in [3.63, 3.8) is 0 Å². The van der Waals surface area contributed by atoms with E-state index in [1.54, 1.807) is 12.4 Å². The Balaban J connectivity index is 1.01. The van der Waals surface area contributed by atoms with Crippen LogP contribution in [-0.4, -0.2) is 48.7 Å². The first-order valence-corrected chi connectivity index (χ1v) is 14.7. The summed E-state index contributed by atoms with van der Waals surface area (Å²) in [5.74, 6) is 7.95. The molecule has 0 radical (unpaired) electrons. The van der Waals surface area contributed by atoms with Gasteiger partial charge >= 0.3 is 0 Å². The maximum absolute atomic E-state index is 6.11. The minimum atomic E-state index is -0.187. The highest BCUT2D eigenvalue weighted by atomic mass is 16.7. The van der Waals surface area contributed by atoms with Gasteiger partial charge in [-0.25, -0.2) is 9.97 Å². The summed E-state index contributed by atoms with van der Waals surface area (Å²) in [6, 6.07) is 13.9. The molecular weight excluding hydrogens is 542 g/mol. The first kappa shape index (κ1) is 28.6. The minimum Gasteiger partial charge on any atom is -0.356 e. The zero-order valence-corrected chi connectivity index (χ0v) is 24.2. The standard InChI is InChI=1S/C33H35N7O3/c1-25(42-32-4-2-3-19-41-32)33-36-15-18-40(33)23-30-20-31(43-38-30)28-10-7-26(8-11-28)5-6-27-9-12-29(37-21-27)22-34-13-16-39-17-14-35-24-39/h7-12,14-15,17-18,20-21,24-25,32,34H,2-4,13,16,19,22-23H2,1H3/t25-,32?/m0/s1. The quantitative estimate of drug-likeness (QED) is 0.173. The molecule has 1 unspecified atom stereocenters. The van der Waals surface area contributed by atoms with Gasteiger partial charge in [-0.15, -0.1) is 0 Å². The van der Waals surface area contributed by atoms with Crippen molar-refractivity contribution in [2.24, 2.45) is 0 Å². The molecule has 1 fully saturated rings. The molecule has 1 aliphatic rings. The average Bonchev–Trinajstić information content (AvgIpc) is 3.83. The SMILES string of the molecule is C[C@H](OC1CCCCO1)c1nccn1Cc1cc(-c2ccc(C#Cc3ccc(CNCCn4ccnc4)nc3)cc2)on1. The summed E-state index contributed by atoms with van der Waals surface area (Å²) >= 11 is 0. The van der Waals surface area contributed by atoms with E-state index in [9.17, 15) is 0 Å². The molecule has 0 saturated carbocycles. The van der Waals surface area contributed by atoms with Crippen LogP contribution >= 0.6 is 0 Å². The Hall–Kier alpha value is -4.56. The Morgan fingerprint density at radius 2 is 1.91 bits per heavy atom. The molecule has 5 heterocycles. The summed E-state index contributed by atoms with van der Waals surface area (Å²) in [6.07, 6.45) is 13.9. The highest BCUT2D eigenvalue weighted by Gasteiger charge is 2.21. The number of hydrogen-bond acceptors (Lipinski definition) is 8. The van der Waals surface area contributed by atoms with Crippen molar-refractivity contribution >= 4 is 0 Å². The predicted molar refractivity (Wildman–Crippen MR) is 161 cm³/mol. The van der Waals surface area contributed by atoms with Crippen LogP contribution in [0, 0.1) is 11.8 Å². The van der Waals surface area contributed by atoms with Crippen LogP contribution in [0.1, 0.15) is 60.6 Å². The smallest absolute Gasteiger partial charge is 0.167 e. The van der Waals surface area contributed by atoms with Gasteiger partial charge in [0.25, 0.3) is 0 Å². The second-order valence-electron chi connectivity index (χ2n) is 10.5. The summed E-state index contributed by atoms with van der Waals surface area (Å²) < 4.78 is 21.6. The van der Waals surface area contributed by atoms with E-state index in [0.29, 0.717) is 18.8 Å². The number of pyridine rings is 1. The van der Waals surface area contributed by atoms with E-state index < -0.39 is 0 Å². The van der Waals surface area contributed by atoms with Crippen molar-refractivity contribution in [2.45, 2.75) is 58.2 Å². The van der Waals surface area contributed by atoms with Crippen molar-refractivity contribution in [3.8, 4) is 23.2 Å². The van der Waals surface area contributed by atoms with Crippen LogP contribution < -0.4 is 5.32 Å². The van der Waals surface area contributed by atoms with E-state index in [1.807, 2.05) is 83.4 Å². The van der Waals surface area contributed by atoms with Gasteiger partial charge in [0.15, 0.2) is 12.1 Å². The molecule has 10 nitrogen and oxygen atoms in total. The van der Waals surface area contributed by atoms with Crippen LogP contribution in [0.3, 0.4) is 0 Å². The van der Waals surface area contributed by atoms with Gasteiger partial charge in [-0.3, -0.25) is 4.98 Å². The number of rotatable bonds is 11. The lowest BCUT2D eigenvalue weighted by Gasteiger charge is -2.26. The number of aromatic nitrogens is 6. The number of imidazole rings is 2. The van der Waals surface area contributed by atoms with Gasteiger partial charge in [-0.1, -0.05) is 17.0 Å². The van der Waals surface area contributed by atoms with Gasteiger partial charge in [0.05, 0.1) is 18.6 Å². The number of hydrogen-bond donors (Lipinski definition) is 1. The third-order valence-electron chi connectivity index (χ3n) is 7.25. The topological polar surface area (TPSA) is 105 Å². The van der Waals surface area contributed by atoms with Crippen molar-refractivity contribution < 1.29 is 14.0 Å². The van der Waals surface area contributed by atoms with Crippen molar-refractivity contribution in [2.75, 3.05) is 13.2 Å². The van der Waals surface area contributed by atoms with Crippen molar-refractivity contribution in [3.05, 3.63) is 108 Å². The zero-order chi connectivity index (χ0) is 29.3. The normalized spacial score (nSPS) is 15.6. The molecule has 10 heteroatoms. The Morgan fingerprint density at radius 3 is 2.70 bits per heavy atom. The van der Waals surface area contributed by atoms with Crippen LogP contribution in [0.5, 0.6) is 0 Å². The molecule has 0 amide bonds. The Kier molecular flexibility index (Phi) is 9.34. The first-order valence-electron chi connectivity index (χ1n) is 14.7. The summed E-state index contributed by atoms with van der Waals surface area (Å²) in [5, 5.41) is 7.69. The molecule has 0 spiro atoms. The highest BCUT2D eigenvalue weighted by molar-refractivity contribution is 5.59. The number of ether oxygens (including phenoxy) is 2. The maximum atomic E-state index is 6.11. The Morgan fingerprint density at radius 1 is 1.02 bits per heavy atom. The molecule has 1 aliphatic heterocycles. The van der Waals surface area contributed by atoms with Gasteiger partial charge in [0.2, 0.25) is 0 Å². The molecule has 0 aliphatic carbocycles. The monoisotopic (exact) mass is 577 g/mol. The van der Waals surface area contributed by atoms with Gasteiger partial charge in [-0.2, -0.15) is 0 Å². The molecule has 1 saturated heterocycles. The molecule has 43 heavy (non-hydrogen) atoms. The number of nitrogens with zero attached hydrogens (tertiary/aromatic N) is 6. The minimum absolute atomic E-state index is 0.172. The summed E-state index contributed by atoms with van der Waals surface area (Å²) in [7, 11) is 0. The molecular formula is C33H35N7O3. The third-order valence-corrected chi connectivity index (χ3v) is 7.25. The van der Waals surface area contributed by atoms with E-state index >= 15 is 0 Å². The number of nitrogens with one attached hydrogen (secondary N) is 1. The fourth-order valence-electron chi connectivity index (χ4n) is 4.93. The first-order chi connectivity index (χ1) is 21.2. The van der Waals surface area contributed by atoms with Gasteiger partial charge in [0.1, 0.15) is 17.6 Å². The van der Waals surface area contributed by atoms with E-state index in [-0.39, 0.29) is 12.4 Å². The van der Waals surface area contributed by atoms with E-state index in [0.717, 1.165) is 72.9 Å². The Bertz CT molecular complexity index is 1620. The predicted octanol–water partition coefficient (Wildman–Crippen LogP) is 4.97. The van der Waals surface area contributed by atoms with Crippen LogP contribution in [0.15, 0.2) is 84.3 Å². The second-order valence-corrected chi connectivity index (χ2v) is 10.5. The molecule has 1 N–H and O–H groups in total. The van der Waals surface area contributed by atoms with Crippen LogP contribution in [0.2, 0.25) is 0 Å². The molecule has 220 valence electrons. The molecule has 0 bridgehead atoms. The van der Waals surface area contributed by atoms with Gasteiger partial charge in [-0.05, 0) is 62.6 Å². The highest BCUT2D eigenvalue weighted by Crippen LogP contribution is 2.25. The molecule has 4 aromatic heterocycles. The maximum Gasteiger partial charge on any atom is 0.167 e. The fourth-order valence-corrected chi connectivity index (χ4v) is 4.93. The van der Waals surface area contributed by atoms with Crippen LogP contribution in [0.4, 0.5) is 0 Å². The van der Waals surface area contributed by atoms with Gasteiger partial charge in [0, 0.05) is 80.0 Å². The largest absolute Gasteiger partial charge is 0.356 e.